The van der Waals surface area contributed by atoms with Crippen molar-refractivity contribution >= 4 is 11.6 Å². The van der Waals surface area contributed by atoms with Gasteiger partial charge in [-0.2, -0.15) is 13.2 Å². The normalized spacial score (nSPS) is 13.8. The fraction of sp³-hybridized carbons (Fsp3) is 0.375. The van der Waals surface area contributed by atoms with E-state index in [1.165, 1.54) is 18.3 Å². The van der Waals surface area contributed by atoms with Gasteiger partial charge in [0.15, 0.2) is 6.10 Å². The maximum atomic E-state index is 12.1. The van der Waals surface area contributed by atoms with Gasteiger partial charge in [0.2, 0.25) is 0 Å². The van der Waals surface area contributed by atoms with Crippen LogP contribution in [0.1, 0.15) is 6.92 Å². The first kappa shape index (κ1) is 11.1. The third-order valence-corrected chi connectivity index (χ3v) is 1.68. The quantitative estimate of drug-likeness (QED) is 0.722. The Hall–Kier alpha value is -0.970. The van der Waals surface area contributed by atoms with Gasteiger partial charge in [0.25, 0.3) is 0 Å². The predicted octanol–water partition coefficient (Wildman–Crippen LogP) is 3.06. The van der Waals surface area contributed by atoms with Crippen LogP contribution >= 0.6 is 11.6 Å². The average molecular weight is 226 g/mol. The van der Waals surface area contributed by atoms with Crippen LogP contribution < -0.4 is 4.74 Å². The van der Waals surface area contributed by atoms with Gasteiger partial charge in [0.05, 0.1) is 0 Å². The third-order valence-electron chi connectivity index (χ3n) is 1.47. The first-order valence-corrected chi connectivity index (χ1v) is 4.12. The lowest BCUT2D eigenvalue weighted by molar-refractivity contribution is -0.189. The Morgan fingerprint density at radius 1 is 1.50 bits per heavy atom. The monoisotopic (exact) mass is 225 g/mol. The highest BCUT2D eigenvalue weighted by Gasteiger charge is 2.38. The zero-order chi connectivity index (χ0) is 10.8. The summed E-state index contributed by atoms with van der Waals surface area (Å²) in [7, 11) is 0. The summed E-state index contributed by atoms with van der Waals surface area (Å²) in [5.74, 6) is 0.0508. The molecule has 1 rings (SSSR count). The largest absolute Gasteiger partial charge is 0.481 e. The number of hydrogen-bond acceptors (Lipinski definition) is 2. The van der Waals surface area contributed by atoms with E-state index in [0.29, 0.717) is 0 Å². The summed E-state index contributed by atoms with van der Waals surface area (Å²) in [6.07, 6.45) is -4.96. The van der Waals surface area contributed by atoms with E-state index in [1.54, 1.807) is 0 Å². The number of pyridine rings is 1. The van der Waals surface area contributed by atoms with Gasteiger partial charge in [-0.1, -0.05) is 11.6 Å². The summed E-state index contributed by atoms with van der Waals surface area (Å²) in [6.45, 7) is 0.925. The van der Waals surface area contributed by atoms with Gasteiger partial charge in [0, 0.05) is 12.3 Å². The number of hydrogen-bond donors (Lipinski definition) is 0. The minimum atomic E-state index is -4.38. The molecule has 1 heterocycles. The molecule has 1 aromatic rings. The first-order chi connectivity index (χ1) is 6.39. The van der Waals surface area contributed by atoms with Crippen LogP contribution in [0.5, 0.6) is 5.75 Å². The summed E-state index contributed by atoms with van der Waals surface area (Å²) in [5.41, 5.74) is 0. The summed E-state index contributed by atoms with van der Waals surface area (Å²) in [6, 6.07) is 2.54. The second kappa shape index (κ2) is 4.04. The maximum Gasteiger partial charge on any atom is 0.425 e. The zero-order valence-electron chi connectivity index (χ0n) is 7.18. The average Bonchev–Trinajstić information content (AvgIpc) is 2.02. The van der Waals surface area contributed by atoms with Crippen molar-refractivity contribution in [3.63, 3.8) is 0 Å². The molecule has 0 spiro atoms. The molecule has 0 bridgehead atoms. The van der Waals surface area contributed by atoms with E-state index in [4.69, 9.17) is 11.6 Å². The third kappa shape index (κ3) is 3.06. The van der Waals surface area contributed by atoms with Gasteiger partial charge < -0.3 is 4.74 Å². The second-order valence-corrected chi connectivity index (χ2v) is 3.00. The highest BCUT2D eigenvalue weighted by molar-refractivity contribution is 6.29. The van der Waals surface area contributed by atoms with Crippen LogP contribution in [-0.4, -0.2) is 17.3 Å². The topological polar surface area (TPSA) is 22.1 Å². The van der Waals surface area contributed by atoms with E-state index in [1.807, 2.05) is 0 Å². The van der Waals surface area contributed by atoms with Crippen molar-refractivity contribution in [1.29, 1.82) is 0 Å². The summed E-state index contributed by atoms with van der Waals surface area (Å²) in [5, 5.41) is 0.0943. The molecule has 0 aliphatic rings. The zero-order valence-corrected chi connectivity index (χ0v) is 7.93. The maximum absolute atomic E-state index is 12.1. The fourth-order valence-corrected chi connectivity index (χ4v) is 0.893. The van der Waals surface area contributed by atoms with Crippen molar-refractivity contribution < 1.29 is 17.9 Å². The second-order valence-electron chi connectivity index (χ2n) is 2.62. The Labute approximate surface area is 83.7 Å². The molecular formula is C8H7ClF3NO. The molecule has 6 heteroatoms. The molecule has 0 aromatic carbocycles. The number of aromatic nitrogens is 1. The number of halogens is 4. The minimum absolute atomic E-state index is 0.0508. The van der Waals surface area contributed by atoms with Crippen LogP contribution in [0.25, 0.3) is 0 Å². The van der Waals surface area contributed by atoms with E-state index in [-0.39, 0.29) is 10.9 Å². The van der Waals surface area contributed by atoms with E-state index in [9.17, 15) is 13.2 Å². The number of ether oxygens (including phenoxy) is 1. The number of nitrogens with zero attached hydrogens (tertiary/aromatic N) is 1. The first-order valence-electron chi connectivity index (χ1n) is 3.74. The molecular weight excluding hydrogens is 219 g/mol. The van der Waals surface area contributed by atoms with Crippen LogP contribution in [0.2, 0.25) is 5.15 Å². The van der Waals surface area contributed by atoms with Crippen LogP contribution in [0.15, 0.2) is 18.3 Å². The summed E-state index contributed by atoms with van der Waals surface area (Å²) < 4.78 is 40.8. The number of alkyl halides is 3. The van der Waals surface area contributed by atoms with Crippen LogP contribution in [-0.2, 0) is 0 Å². The molecule has 1 aromatic heterocycles. The van der Waals surface area contributed by atoms with Crippen LogP contribution in [0.4, 0.5) is 13.2 Å². The Morgan fingerprint density at radius 3 is 2.64 bits per heavy atom. The fourth-order valence-electron chi connectivity index (χ4n) is 0.729. The summed E-state index contributed by atoms with van der Waals surface area (Å²) >= 11 is 5.47. The molecule has 0 aliphatic carbocycles. The molecule has 0 radical (unpaired) electrons. The Kier molecular flexibility index (Phi) is 3.21. The van der Waals surface area contributed by atoms with E-state index in [2.05, 4.69) is 9.72 Å². The molecule has 0 saturated heterocycles. The Bertz CT molecular complexity index is 316. The van der Waals surface area contributed by atoms with E-state index < -0.39 is 12.3 Å². The van der Waals surface area contributed by atoms with Crippen molar-refractivity contribution in [2.45, 2.75) is 19.2 Å². The van der Waals surface area contributed by atoms with Crippen LogP contribution in [0.3, 0.4) is 0 Å². The molecule has 78 valence electrons. The molecule has 1 unspecified atom stereocenters. The Balaban J connectivity index is 2.70. The van der Waals surface area contributed by atoms with Crippen molar-refractivity contribution in [3.8, 4) is 5.75 Å². The van der Waals surface area contributed by atoms with Gasteiger partial charge in [-0.3, -0.25) is 0 Å². The van der Waals surface area contributed by atoms with Crippen molar-refractivity contribution in [2.24, 2.45) is 0 Å². The highest BCUT2D eigenvalue weighted by Crippen LogP contribution is 2.25. The van der Waals surface area contributed by atoms with E-state index >= 15 is 0 Å². The molecule has 14 heavy (non-hydrogen) atoms. The van der Waals surface area contributed by atoms with Gasteiger partial charge in [-0.05, 0) is 13.0 Å². The lowest BCUT2D eigenvalue weighted by atomic mass is 10.4. The molecule has 0 N–H and O–H groups in total. The van der Waals surface area contributed by atoms with Crippen molar-refractivity contribution in [2.75, 3.05) is 0 Å². The van der Waals surface area contributed by atoms with E-state index in [0.717, 1.165) is 6.92 Å². The lowest BCUT2D eigenvalue weighted by Gasteiger charge is -2.17. The van der Waals surface area contributed by atoms with Crippen molar-refractivity contribution in [3.05, 3.63) is 23.5 Å². The number of rotatable bonds is 2. The molecule has 0 aliphatic heterocycles. The summed E-state index contributed by atoms with van der Waals surface area (Å²) in [4.78, 5) is 3.61. The lowest BCUT2D eigenvalue weighted by Crippen LogP contribution is -2.31. The standard InChI is InChI=1S/C8H7ClF3NO/c1-5(8(10,11)12)14-6-2-3-13-7(9)4-6/h2-5H,1H3. The molecule has 0 fully saturated rings. The SMILES string of the molecule is CC(Oc1ccnc(Cl)c1)C(F)(F)F. The predicted molar refractivity (Wildman–Crippen MR) is 45.4 cm³/mol. The van der Waals surface area contributed by atoms with Crippen molar-refractivity contribution in [1.82, 2.24) is 4.98 Å². The Morgan fingerprint density at radius 2 is 2.14 bits per heavy atom. The van der Waals surface area contributed by atoms with Gasteiger partial charge in [-0.25, -0.2) is 4.98 Å². The molecule has 0 amide bonds. The minimum Gasteiger partial charge on any atom is -0.481 e. The van der Waals surface area contributed by atoms with Gasteiger partial charge in [-0.15, -0.1) is 0 Å². The molecule has 2 nitrogen and oxygen atoms in total. The van der Waals surface area contributed by atoms with Gasteiger partial charge >= 0.3 is 6.18 Å². The molecule has 1 atom stereocenters. The van der Waals surface area contributed by atoms with Crippen LogP contribution in [0, 0.1) is 0 Å². The smallest absolute Gasteiger partial charge is 0.425 e. The highest BCUT2D eigenvalue weighted by atomic mass is 35.5. The molecule has 0 saturated carbocycles. The van der Waals surface area contributed by atoms with Gasteiger partial charge in [0.1, 0.15) is 10.9 Å².